The summed E-state index contributed by atoms with van der Waals surface area (Å²) in [5.74, 6) is -6.88. The maximum absolute atomic E-state index is 17.0. The number of rotatable bonds is 13. The predicted octanol–water partition coefficient (Wildman–Crippen LogP) is 3.91. The first-order valence-corrected chi connectivity index (χ1v) is 25.7. The highest BCUT2D eigenvalue weighted by Crippen LogP contribution is 2.41. The van der Waals surface area contributed by atoms with E-state index in [1.165, 1.54) is 39.0 Å². The van der Waals surface area contributed by atoms with Gasteiger partial charge in [-0.1, -0.05) is 39.8 Å². The van der Waals surface area contributed by atoms with Crippen molar-refractivity contribution in [2.45, 2.75) is 180 Å². The third-order valence-electron chi connectivity index (χ3n) is 13.8. The summed E-state index contributed by atoms with van der Waals surface area (Å²) in [6.07, 6.45) is -5.20. The number of nitrogens with two attached hydrogens (primary N) is 1. The summed E-state index contributed by atoms with van der Waals surface area (Å²) in [5, 5.41) is 36.1. The zero-order chi connectivity index (χ0) is 54.3. The number of Topliss-reactive ketones (excluding diaryl/α,β-unsaturated/α-hetero) is 1. The maximum Gasteiger partial charge on any atom is 0.351 e. The fourth-order valence-electron chi connectivity index (χ4n) is 9.59. The van der Waals surface area contributed by atoms with Crippen LogP contribution in [-0.2, 0) is 59.1 Å². The number of esters is 1. The van der Waals surface area contributed by atoms with Gasteiger partial charge in [0.25, 0.3) is 5.67 Å². The lowest BCUT2D eigenvalue weighted by molar-refractivity contribution is -0.296. The second kappa shape index (κ2) is 24.7. The molecule has 15 atom stereocenters. The Kier molecular flexibility index (Phi) is 20.1. The summed E-state index contributed by atoms with van der Waals surface area (Å²) in [7, 11) is 3.61. The lowest BCUT2D eigenvalue weighted by Gasteiger charge is -2.47. The lowest BCUT2D eigenvalue weighted by atomic mass is 9.73. The topological polar surface area (TPSA) is 285 Å². The van der Waals surface area contributed by atoms with Gasteiger partial charge in [0, 0.05) is 47.2 Å². The van der Waals surface area contributed by atoms with Gasteiger partial charge < -0.3 is 60.0 Å². The molecule has 5 rings (SSSR count). The fourth-order valence-corrected chi connectivity index (χ4v) is 10.3. The van der Waals surface area contributed by atoms with Crippen molar-refractivity contribution in [3.05, 3.63) is 29.4 Å². The molecule has 3 fully saturated rings. The van der Waals surface area contributed by atoms with Crippen LogP contribution in [0.15, 0.2) is 33.9 Å². The van der Waals surface area contributed by atoms with Crippen molar-refractivity contribution >= 4 is 58.1 Å². The molecule has 0 spiro atoms. The van der Waals surface area contributed by atoms with Crippen LogP contribution in [0.1, 0.15) is 108 Å². The molecule has 0 aliphatic carbocycles. The second-order valence-corrected chi connectivity index (χ2v) is 21.2. The number of likely N-dealkylation sites (N-methyl/N-ethyl adjacent to an activating group) is 1. The van der Waals surface area contributed by atoms with Crippen LogP contribution in [0, 0.1) is 17.8 Å². The van der Waals surface area contributed by atoms with E-state index in [9.17, 15) is 34.2 Å². The molecule has 3 amide bonds. The van der Waals surface area contributed by atoms with Crippen LogP contribution in [0.3, 0.4) is 0 Å². The third kappa shape index (κ3) is 14.2. The molecule has 23 heteroatoms. The number of aromatic nitrogens is 2. The quantitative estimate of drug-likeness (QED) is 0.108. The first-order valence-electron chi connectivity index (χ1n) is 24.8. The van der Waals surface area contributed by atoms with Crippen molar-refractivity contribution in [1.82, 2.24) is 20.2 Å². The Labute approximate surface area is 430 Å². The van der Waals surface area contributed by atoms with Gasteiger partial charge in [-0.3, -0.25) is 24.2 Å². The van der Waals surface area contributed by atoms with Gasteiger partial charge in [-0.2, -0.15) is 0 Å². The molecular weight excluding hydrogens is 972 g/mol. The molecule has 2 aromatic rings. The molecule has 3 saturated heterocycles. The molecule has 0 aromatic carbocycles. The number of carbonyl (C=O) groups excluding carboxylic acids is 5. The van der Waals surface area contributed by atoms with Gasteiger partial charge in [0.15, 0.2) is 18.7 Å². The Morgan fingerprint density at radius 1 is 1.07 bits per heavy atom. The minimum Gasteiger partial charge on any atom is -0.457 e. The molecule has 0 radical (unpaired) electrons. The SMILES string of the molecule is CCC(=O)N=C1[C@H](C)C[C@@]2(C)OC/C(=N/OCc3ccc(-c4nc(NC(=O)[C@H](C)NC(=O)[C@H](C)N)cs4)cn3)CO[C@H]([C@H]1C)[C@](C)(O)[C@@H](CC)OC(=O)[C@@](C)(F)C(=O)[C@H](C)[C@H]2O[C@@H]1O[C@H](C)C[C@H](N(C)C)[C@H]1O. The highest BCUT2D eigenvalue weighted by Gasteiger charge is 2.57. The number of cyclic esters (lactones) is 1. The molecule has 406 valence electrons. The third-order valence-corrected chi connectivity index (χ3v) is 14.7. The Balaban J connectivity index is 1.54. The average molecular weight is 1050 g/mol. The molecule has 0 saturated carbocycles. The van der Waals surface area contributed by atoms with Crippen molar-refractivity contribution in [3.63, 3.8) is 0 Å². The smallest absolute Gasteiger partial charge is 0.351 e. The molecule has 0 unspecified atom stereocenters. The Hall–Kier alpha value is -4.72. The van der Waals surface area contributed by atoms with Gasteiger partial charge in [-0.15, -0.1) is 11.3 Å². The van der Waals surface area contributed by atoms with Gasteiger partial charge in [0.1, 0.15) is 40.4 Å². The molecular formula is C50H75FN8O13S. The summed E-state index contributed by atoms with van der Waals surface area (Å²) in [5.41, 5.74) is 0.179. The average Bonchev–Trinajstić information content (AvgIpc) is 3.80. The van der Waals surface area contributed by atoms with Gasteiger partial charge in [0.2, 0.25) is 17.7 Å². The van der Waals surface area contributed by atoms with Crippen LogP contribution >= 0.6 is 11.3 Å². The molecule has 5 heterocycles. The first-order chi connectivity index (χ1) is 34.1. The van der Waals surface area contributed by atoms with Gasteiger partial charge in [-0.05, 0) is 93.0 Å². The molecule has 21 nitrogen and oxygen atoms in total. The number of aliphatic hydroxyl groups is 2. The monoisotopic (exact) mass is 1050 g/mol. The van der Waals surface area contributed by atoms with E-state index in [0.29, 0.717) is 28.4 Å². The van der Waals surface area contributed by atoms with Crippen molar-refractivity contribution in [2.24, 2.45) is 33.6 Å². The molecule has 2 aromatic heterocycles. The number of hydrogen-bond donors (Lipinski definition) is 5. The molecule has 3 aliphatic rings. The highest BCUT2D eigenvalue weighted by molar-refractivity contribution is 7.13. The summed E-state index contributed by atoms with van der Waals surface area (Å²) < 4.78 is 49.1. The number of oxime groups is 1. The van der Waals surface area contributed by atoms with Crippen LogP contribution in [0.5, 0.6) is 0 Å². The molecule has 73 heavy (non-hydrogen) atoms. The van der Waals surface area contributed by atoms with Crippen molar-refractivity contribution < 1.29 is 67.1 Å². The summed E-state index contributed by atoms with van der Waals surface area (Å²) >= 11 is 1.27. The van der Waals surface area contributed by atoms with Crippen LogP contribution < -0.4 is 16.4 Å². The predicted molar refractivity (Wildman–Crippen MR) is 269 cm³/mol. The molecule has 6 N–H and O–H groups in total. The number of ketones is 1. The summed E-state index contributed by atoms with van der Waals surface area (Å²) in [4.78, 5) is 87.7. The number of hydrogen-bond acceptors (Lipinski definition) is 19. The minimum atomic E-state index is -3.26. The Morgan fingerprint density at radius 3 is 2.38 bits per heavy atom. The van der Waals surface area contributed by atoms with E-state index < -0.39 is 119 Å². The summed E-state index contributed by atoms with van der Waals surface area (Å²) in [6.45, 7) is 16.1. The van der Waals surface area contributed by atoms with Crippen molar-refractivity contribution in [2.75, 3.05) is 32.6 Å². The minimum absolute atomic E-state index is 0.0344. The largest absolute Gasteiger partial charge is 0.457 e. The zero-order valence-corrected chi connectivity index (χ0v) is 45.0. The normalized spacial score (nSPS) is 34.8. The number of fused-ring (bicyclic) bond motifs is 5. The van der Waals surface area contributed by atoms with Crippen LogP contribution in [-0.4, -0.2) is 165 Å². The van der Waals surface area contributed by atoms with E-state index in [4.69, 9.17) is 34.3 Å². The number of carbonyl (C=O) groups is 5. The van der Waals surface area contributed by atoms with E-state index >= 15 is 4.39 Å². The van der Waals surface area contributed by atoms with E-state index in [0.717, 1.165) is 6.92 Å². The van der Waals surface area contributed by atoms with Crippen LogP contribution in [0.25, 0.3) is 10.6 Å². The number of ether oxygens (including phenoxy) is 5. The summed E-state index contributed by atoms with van der Waals surface area (Å²) in [6, 6.07) is 1.40. The number of alkyl halides is 1. The number of pyridine rings is 1. The van der Waals surface area contributed by atoms with E-state index in [1.807, 2.05) is 18.7 Å². The van der Waals surface area contributed by atoms with Crippen molar-refractivity contribution in [3.8, 4) is 10.6 Å². The highest BCUT2D eigenvalue weighted by atomic mass is 32.1. The number of aliphatic hydroxyl groups excluding tert-OH is 1. The lowest BCUT2D eigenvalue weighted by Crippen LogP contribution is -2.61. The first kappa shape index (κ1) is 59.2. The van der Waals surface area contributed by atoms with Crippen LogP contribution in [0.2, 0.25) is 0 Å². The van der Waals surface area contributed by atoms with E-state index in [1.54, 1.807) is 65.5 Å². The van der Waals surface area contributed by atoms with Gasteiger partial charge in [0.05, 0.1) is 48.9 Å². The standard InChI is InChI=1S/C50H75FN8O13S/c1-14-35-50(11,66)42-27(5)38(57-37(60)15-2)25(3)19-48(9,41(28(6)40(62)49(10,51)47(65)71-35)72-46-39(61)34(59(12)13)18-26(4)70-46)68-22-33(21-67-42)58-69-23-32-17-16-31(20-53-32)45-56-36(24-73-45)55-44(64)30(8)54-43(63)29(7)52/h16-17,20,24-30,34-35,39,41-42,46,61,66H,14-15,18-19,21-23,52H2,1-13H3,(H,54,63)(H,55,64)/b57-38?,58-33+/t25-,26-,27+,28+,29+,30+,34+,35-,39-,41-,42-,46+,48-,49+,50-/m1/s1. The van der Waals surface area contributed by atoms with E-state index in [-0.39, 0.29) is 50.6 Å². The number of halogens is 1. The van der Waals surface area contributed by atoms with Gasteiger partial charge >= 0.3 is 5.97 Å². The second-order valence-electron chi connectivity index (χ2n) is 20.3. The van der Waals surface area contributed by atoms with E-state index in [2.05, 4.69) is 30.7 Å². The van der Waals surface area contributed by atoms with Crippen molar-refractivity contribution in [1.29, 1.82) is 0 Å². The number of amides is 3. The molecule has 2 bridgehead atoms. The zero-order valence-electron chi connectivity index (χ0n) is 44.2. The Bertz CT molecular complexity index is 2330. The number of aliphatic imine (C=N–C) groups is 1. The van der Waals surface area contributed by atoms with Crippen LogP contribution in [0.4, 0.5) is 10.2 Å². The fraction of sp³-hybridized carbons (Fsp3) is 0.700. The number of anilines is 1. The maximum atomic E-state index is 17.0. The number of thiazole rings is 1. The number of nitrogens with zero attached hydrogens (tertiary/aromatic N) is 5. The number of nitrogens with one attached hydrogen (secondary N) is 2. The Morgan fingerprint density at radius 2 is 1.77 bits per heavy atom. The van der Waals surface area contributed by atoms with Gasteiger partial charge in [-0.25, -0.2) is 19.2 Å². The molecule has 3 aliphatic heterocycles.